The van der Waals surface area contributed by atoms with Crippen molar-refractivity contribution < 1.29 is 24.4 Å². The number of hydrogen-bond acceptors (Lipinski definition) is 11. The number of ether oxygens (including phenoxy) is 1. The lowest BCUT2D eigenvalue weighted by molar-refractivity contribution is 0.0950. The minimum absolute atomic E-state index is 0.0418. The normalized spacial score (nSPS) is 11.1. The maximum atomic E-state index is 12.8. The first-order chi connectivity index (χ1) is 16.0. The molecule has 0 aliphatic carbocycles. The lowest BCUT2D eigenvalue weighted by Crippen LogP contribution is -2.19. The average molecular weight is 450 g/mol. The highest BCUT2D eigenvalue weighted by Gasteiger charge is 2.25. The first-order valence-electron chi connectivity index (χ1n) is 9.60. The standard InChI is InChI=1S/C20H18N8O5/c1-2-32-14-7-4-11(5-8-14)17-16(23-27-28(17)19-18(21)25-33-26-19)20(31)24-22-10-12-3-6-13(29)9-15(12)30/h3-10,29-30H,2H2,1H3,(H2,21,25)(H,24,31)/b22-10-. The second-order valence-corrected chi connectivity index (χ2v) is 6.57. The van der Waals surface area contributed by atoms with Crippen LogP contribution >= 0.6 is 0 Å². The summed E-state index contributed by atoms with van der Waals surface area (Å²) >= 11 is 0. The predicted molar refractivity (Wildman–Crippen MR) is 115 cm³/mol. The van der Waals surface area contributed by atoms with Gasteiger partial charge >= 0.3 is 0 Å². The number of carbonyl (C=O) groups excluding carboxylic acids is 1. The van der Waals surface area contributed by atoms with E-state index in [1.807, 2.05) is 6.92 Å². The van der Waals surface area contributed by atoms with E-state index in [9.17, 15) is 15.0 Å². The van der Waals surface area contributed by atoms with Crippen molar-refractivity contribution in [2.45, 2.75) is 6.92 Å². The third kappa shape index (κ3) is 4.41. The fourth-order valence-corrected chi connectivity index (χ4v) is 2.91. The van der Waals surface area contributed by atoms with E-state index in [1.54, 1.807) is 24.3 Å². The number of nitrogens with two attached hydrogens (primary N) is 1. The van der Waals surface area contributed by atoms with Crippen LogP contribution in [0.25, 0.3) is 17.1 Å². The number of phenols is 2. The molecule has 0 bridgehead atoms. The highest BCUT2D eigenvalue weighted by atomic mass is 16.6. The third-order valence-electron chi connectivity index (χ3n) is 4.40. The maximum absolute atomic E-state index is 12.8. The highest BCUT2D eigenvalue weighted by Crippen LogP contribution is 2.28. The van der Waals surface area contributed by atoms with Gasteiger partial charge in [-0.3, -0.25) is 4.79 Å². The molecule has 2 heterocycles. The van der Waals surface area contributed by atoms with E-state index in [1.165, 1.54) is 23.0 Å². The van der Waals surface area contributed by atoms with Gasteiger partial charge in [0.25, 0.3) is 5.91 Å². The molecule has 1 amide bonds. The molecule has 0 fully saturated rings. The smallest absolute Gasteiger partial charge is 0.294 e. The summed E-state index contributed by atoms with van der Waals surface area (Å²) in [6.45, 7) is 2.37. The molecule has 13 nitrogen and oxygen atoms in total. The zero-order valence-electron chi connectivity index (χ0n) is 17.2. The summed E-state index contributed by atoms with van der Waals surface area (Å²) in [4.78, 5) is 12.8. The summed E-state index contributed by atoms with van der Waals surface area (Å²) in [6.07, 6.45) is 1.22. The van der Waals surface area contributed by atoms with Gasteiger partial charge in [0.1, 0.15) is 22.9 Å². The highest BCUT2D eigenvalue weighted by molar-refractivity contribution is 5.99. The van der Waals surface area contributed by atoms with Crippen LogP contribution in [-0.4, -0.2) is 54.2 Å². The molecule has 5 N–H and O–H groups in total. The van der Waals surface area contributed by atoms with Gasteiger partial charge in [-0.1, -0.05) is 5.21 Å². The van der Waals surface area contributed by atoms with Gasteiger partial charge in [-0.15, -0.1) is 5.10 Å². The Kier molecular flexibility index (Phi) is 5.84. The van der Waals surface area contributed by atoms with E-state index in [4.69, 9.17) is 10.5 Å². The molecular weight excluding hydrogens is 432 g/mol. The Bertz CT molecular complexity index is 1310. The number of amides is 1. The van der Waals surface area contributed by atoms with E-state index >= 15 is 0 Å². The zero-order chi connectivity index (χ0) is 23.4. The van der Waals surface area contributed by atoms with Crippen molar-refractivity contribution in [1.29, 1.82) is 0 Å². The van der Waals surface area contributed by atoms with E-state index in [2.05, 4.69) is 35.8 Å². The Morgan fingerprint density at radius 2 is 2.03 bits per heavy atom. The van der Waals surface area contributed by atoms with Crippen LogP contribution in [0.5, 0.6) is 17.2 Å². The lowest BCUT2D eigenvalue weighted by atomic mass is 10.1. The topological polar surface area (TPSA) is 187 Å². The van der Waals surface area contributed by atoms with Crippen LogP contribution in [0.2, 0.25) is 0 Å². The van der Waals surface area contributed by atoms with Crippen LogP contribution in [0, 0.1) is 0 Å². The van der Waals surface area contributed by atoms with Crippen LogP contribution in [0.15, 0.2) is 52.2 Å². The van der Waals surface area contributed by atoms with Crippen molar-refractivity contribution >= 4 is 17.9 Å². The summed E-state index contributed by atoms with van der Waals surface area (Å²) in [6, 6.07) is 10.9. The summed E-state index contributed by atoms with van der Waals surface area (Å²) in [7, 11) is 0. The van der Waals surface area contributed by atoms with Crippen molar-refractivity contribution in [1.82, 2.24) is 30.7 Å². The number of aromatic nitrogens is 5. The van der Waals surface area contributed by atoms with Gasteiger partial charge in [-0.05, 0) is 53.6 Å². The Morgan fingerprint density at radius 3 is 2.70 bits per heavy atom. The van der Waals surface area contributed by atoms with E-state index in [-0.39, 0.29) is 40.1 Å². The van der Waals surface area contributed by atoms with Gasteiger partial charge < -0.3 is 20.7 Å². The number of nitrogens with zero attached hydrogens (tertiary/aromatic N) is 6. The molecule has 4 aromatic rings. The van der Waals surface area contributed by atoms with Gasteiger partial charge in [0, 0.05) is 17.2 Å². The summed E-state index contributed by atoms with van der Waals surface area (Å²) in [5, 5.41) is 38.2. The summed E-state index contributed by atoms with van der Waals surface area (Å²) in [5.74, 6) is -0.334. The fourth-order valence-electron chi connectivity index (χ4n) is 2.91. The molecule has 4 rings (SSSR count). The van der Waals surface area contributed by atoms with Crippen molar-refractivity contribution in [3.63, 3.8) is 0 Å². The third-order valence-corrected chi connectivity index (χ3v) is 4.40. The number of aromatic hydroxyl groups is 2. The number of hydrazone groups is 1. The minimum Gasteiger partial charge on any atom is -0.508 e. The molecule has 0 unspecified atom stereocenters. The Balaban J connectivity index is 1.67. The molecule has 0 saturated heterocycles. The fraction of sp³-hybridized carbons (Fsp3) is 0.100. The number of nitrogens with one attached hydrogen (secondary N) is 1. The van der Waals surface area contributed by atoms with Crippen LogP contribution in [0.1, 0.15) is 23.0 Å². The van der Waals surface area contributed by atoms with E-state index < -0.39 is 5.91 Å². The van der Waals surface area contributed by atoms with Gasteiger partial charge in [0.2, 0.25) is 11.6 Å². The number of nitrogen functional groups attached to an aromatic ring is 1. The van der Waals surface area contributed by atoms with Crippen LogP contribution in [0.3, 0.4) is 0 Å². The predicted octanol–water partition coefficient (Wildman–Crippen LogP) is 1.47. The molecule has 0 aliphatic heterocycles. The second kappa shape index (κ2) is 9.05. The zero-order valence-corrected chi connectivity index (χ0v) is 17.2. The molecule has 0 radical (unpaired) electrons. The van der Waals surface area contributed by atoms with Crippen molar-refractivity contribution in [2.75, 3.05) is 12.3 Å². The second-order valence-electron chi connectivity index (χ2n) is 6.57. The SMILES string of the molecule is CCOc1ccc(-c2c(C(=O)N/N=C\c3ccc(O)cc3O)nnn2-c2nonc2N)cc1. The van der Waals surface area contributed by atoms with Crippen molar-refractivity contribution in [3.8, 4) is 34.3 Å². The molecule has 2 aromatic carbocycles. The van der Waals surface area contributed by atoms with Gasteiger partial charge in [0.05, 0.1) is 12.8 Å². The van der Waals surface area contributed by atoms with Crippen molar-refractivity contribution in [2.24, 2.45) is 5.10 Å². The molecular formula is C20H18N8O5. The molecule has 2 aromatic heterocycles. The maximum Gasteiger partial charge on any atom is 0.294 e. The van der Waals surface area contributed by atoms with Crippen LogP contribution in [-0.2, 0) is 0 Å². The molecule has 0 spiro atoms. The van der Waals surface area contributed by atoms with Gasteiger partial charge in [0.15, 0.2) is 5.69 Å². The van der Waals surface area contributed by atoms with E-state index in [0.29, 0.717) is 17.9 Å². The van der Waals surface area contributed by atoms with Gasteiger partial charge in [-0.2, -0.15) is 9.78 Å². The molecule has 0 atom stereocenters. The van der Waals surface area contributed by atoms with E-state index in [0.717, 1.165) is 6.07 Å². The number of rotatable bonds is 7. The monoisotopic (exact) mass is 450 g/mol. The molecule has 33 heavy (non-hydrogen) atoms. The molecule has 0 aliphatic rings. The van der Waals surface area contributed by atoms with Crippen molar-refractivity contribution in [3.05, 3.63) is 53.7 Å². The number of carbonyl (C=O) groups is 1. The number of hydrogen-bond donors (Lipinski definition) is 4. The first-order valence-corrected chi connectivity index (χ1v) is 9.60. The molecule has 13 heteroatoms. The molecule has 168 valence electrons. The van der Waals surface area contributed by atoms with Gasteiger partial charge in [-0.25, -0.2) is 10.1 Å². The van der Waals surface area contributed by atoms with Crippen LogP contribution < -0.4 is 15.9 Å². The quantitative estimate of drug-likeness (QED) is 0.237. The number of benzene rings is 2. The van der Waals surface area contributed by atoms with Crippen LogP contribution in [0.4, 0.5) is 5.82 Å². The largest absolute Gasteiger partial charge is 0.508 e. The minimum atomic E-state index is -0.685. The average Bonchev–Trinajstić information content (AvgIpc) is 3.42. The Morgan fingerprint density at radius 1 is 1.24 bits per heavy atom. The molecule has 0 saturated carbocycles. The first kappa shape index (κ1) is 21.3. The summed E-state index contributed by atoms with van der Waals surface area (Å²) < 4.78 is 11.3. The Hall–Kier alpha value is -4.94. The summed E-state index contributed by atoms with van der Waals surface area (Å²) in [5.41, 5.74) is 9.16. The number of anilines is 1. The lowest BCUT2D eigenvalue weighted by Gasteiger charge is -2.07. The Labute approximate surface area is 186 Å². The number of phenolic OH excluding ortho intramolecular Hbond substituents is 2.